The number of nitrogens with zero attached hydrogens (tertiary/aromatic N) is 3. The first-order valence-corrected chi connectivity index (χ1v) is 5.48. The molecule has 0 amide bonds. The van der Waals surface area contributed by atoms with Crippen molar-refractivity contribution >= 4 is 11.5 Å². The first kappa shape index (κ1) is 12.5. The molecule has 0 spiro atoms. The molecule has 1 aromatic heterocycles. The highest BCUT2D eigenvalue weighted by Crippen LogP contribution is 2.26. The topological polar surface area (TPSA) is 87.0 Å². The van der Waals surface area contributed by atoms with Crippen LogP contribution in [-0.2, 0) is 6.54 Å². The van der Waals surface area contributed by atoms with Gasteiger partial charge in [0.2, 0.25) is 5.82 Å². The van der Waals surface area contributed by atoms with Crippen molar-refractivity contribution in [2.75, 3.05) is 5.73 Å². The number of aromatic nitrogens is 2. The van der Waals surface area contributed by atoms with Crippen LogP contribution in [0.15, 0.2) is 0 Å². The van der Waals surface area contributed by atoms with Crippen LogP contribution in [0.2, 0.25) is 0 Å². The van der Waals surface area contributed by atoms with Gasteiger partial charge in [-0.1, -0.05) is 26.7 Å². The summed E-state index contributed by atoms with van der Waals surface area (Å²) in [6.45, 7) is 6.44. The molecule has 90 valence electrons. The quantitative estimate of drug-likeness (QED) is 0.615. The second kappa shape index (κ2) is 4.96. The predicted octanol–water partition coefficient (Wildman–Crippen LogP) is 2.12. The third-order valence-corrected chi connectivity index (χ3v) is 2.90. The van der Waals surface area contributed by atoms with E-state index in [1.54, 1.807) is 11.6 Å². The summed E-state index contributed by atoms with van der Waals surface area (Å²) in [5, 5.41) is 14.9. The van der Waals surface area contributed by atoms with Crippen LogP contribution in [-0.4, -0.2) is 14.7 Å². The van der Waals surface area contributed by atoms with E-state index in [1.165, 1.54) is 0 Å². The minimum Gasteiger partial charge on any atom is -0.378 e. The van der Waals surface area contributed by atoms with E-state index in [9.17, 15) is 10.1 Å². The Morgan fingerprint density at radius 1 is 1.50 bits per heavy atom. The largest absolute Gasteiger partial charge is 0.378 e. The number of aryl methyl sites for hydroxylation is 1. The van der Waals surface area contributed by atoms with Crippen LogP contribution in [0, 0.1) is 23.0 Å². The lowest BCUT2D eigenvalue weighted by molar-refractivity contribution is -0.384. The maximum absolute atomic E-state index is 10.8. The molecule has 0 bridgehead atoms. The lowest BCUT2D eigenvalue weighted by atomic mass is 10.0. The van der Waals surface area contributed by atoms with Crippen LogP contribution < -0.4 is 5.73 Å². The highest BCUT2D eigenvalue weighted by atomic mass is 16.6. The number of nitro groups is 1. The van der Waals surface area contributed by atoms with Gasteiger partial charge in [0.25, 0.3) is 0 Å². The minimum atomic E-state index is -0.471. The molecule has 1 aromatic rings. The van der Waals surface area contributed by atoms with Gasteiger partial charge in [-0.2, -0.15) is 5.10 Å². The Hall–Kier alpha value is -1.59. The fraction of sp³-hybridized carbons (Fsp3) is 0.700. The fourth-order valence-electron chi connectivity index (χ4n) is 1.75. The standard InChI is InChI=1S/C10H18N4O2/c1-4-8(5-2)6-13-10(11)9(14(15)16)7(3)12-13/h8H,4-6,11H2,1-3H3. The maximum Gasteiger partial charge on any atom is 0.333 e. The summed E-state index contributed by atoms with van der Waals surface area (Å²) >= 11 is 0. The molecule has 0 saturated heterocycles. The molecule has 0 aliphatic rings. The molecule has 0 radical (unpaired) electrons. The molecular weight excluding hydrogens is 208 g/mol. The average molecular weight is 226 g/mol. The van der Waals surface area contributed by atoms with Crippen LogP contribution >= 0.6 is 0 Å². The van der Waals surface area contributed by atoms with Crippen molar-refractivity contribution in [3.8, 4) is 0 Å². The SMILES string of the molecule is CCC(CC)Cn1nc(C)c([N+](=O)[O-])c1N. The lowest BCUT2D eigenvalue weighted by Crippen LogP contribution is -2.13. The van der Waals surface area contributed by atoms with Crippen LogP contribution in [0.1, 0.15) is 32.4 Å². The molecule has 0 atom stereocenters. The van der Waals surface area contributed by atoms with E-state index in [0.29, 0.717) is 18.2 Å². The molecule has 0 unspecified atom stereocenters. The Kier molecular flexibility index (Phi) is 3.87. The Morgan fingerprint density at radius 3 is 2.44 bits per heavy atom. The summed E-state index contributed by atoms with van der Waals surface area (Å²) in [5.41, 5.74) is 6.04. The van der Waals surface area contributed by atoms with Crippen molar-refractivity contribution in [2.45, 2.75) is 40.2 Å². The van der Waals surface area contributed by atoms with E-state index in [-0.39, 0.29) is 11.5 Å². The molecule has 0 saturated carbocycles. The summed E-state index contributed by atoms with van der Waals surface area (Å²) in [6, 6.07) is 0. The lowest BCUT2D eigenvalue weighted by Gasteiger charge is -2.12. The second-order valence-electron chi connectivity index (χ2n) is 3.94. The molecule has 0 aliphatic heterocycles. The first-order chi connectivity index (χ1) is 7.51. The van der Waals surface area contributed by atoms with Gasteiger partial charge in [0.05, 0.1) is 4.92 Å². The van der Waals surface area contributed by atoms with Crippen molar-refractivity contribution in [3.05, 3.63) is 15.8 Å². The molecule has 1 rings (SSSR count). The predicted molar refractivity (Wildman–Crippen MR) is 62.1 cm³/mol. The number of nitrogens with two attached hydrogens (primary N) is 1. The second-order valence-corrected chi connectivity index (χ2v) is 3.94. The van der Waals surface area contributed by atoms with Crippen LogP contribution in [0.5, 0.6) is 0 Å². The maximum atomic E-state index is 10.8. The van der Waals surface area contributed by atoms with Gasteiger partial charge in [-0.15, -0.1) is 0 Å². The third kappa shape index (κ3) is 2.32. The van der Waals surface area contributed by atoms with Crippen molar-refractivity contribution in [2.24, 2.45) is 5.92 Å². The van der Waals surface area contributed by atoms with E-state index in [2.05, 4.69) is 18.9 Å². The van der Waals surface area contributed by atoms with Crippen molar-refractivity contribution in [1.82, 2.24) is 9.78 Å². The zero-order chi connectivity index (χ0) is 12.3. The van der Waals surface area contributed by atoms with Gasteiger partial charge in [0, 0.05) is 6.54 Å². The summed E-state index contributed by atoms with van der Waals surface area (Å²) in [5.74, 6) is 0.621. The van der Waals surface area contributed by atoms with Gasteiger partial charge in [0.1, 0.15) is 5.69 Å². The van der Waals surface area contributed by atoms with Gasteiger partial charge in [-0.3, -0.25) is 10.1 Å². The van der Waals surface area contributed by atoms with Crippen molar-refractivity contribution in [1.29, 1.82) is 0 Å². The zero-order valence-electron chi connectivity index (χ0n) is 9.93. The monoisotopic (exact) mass is 226 g/mol. The first-order valence-electron chi connectivity index (χ1n) is 5.48. The Balaban J connectivity index is 2.98. The molecule has 6 heteroatoms. The molecule has 1 heterocycles. The molecule has 2 N–H and O–H groups in total. The highest BCUT2D eigenvalue weighted by molar-refractivity contribution is 5.55. The summed E-state index contributed by atoms with van der Waals surface area (Å²) in [6.07, 6.45) is 2.03. The molecule has 6 nitrogen and oxygen atoms in total. The van der Waals surface area contributed by atoms with Gasteiger partial charge in [-0.25, -0.2) is 4.68 Å². The minimum absolute atomic E-state index is 0.0639. The van der Waals surface area contributed by atoms with Gasteiger partial charge >= 0.3 is 5.69 Å². The number of anilines is 1. The van der Waals surface area contributed by atoms with Gasteiger partial charge in [0.15, 0.2) is 0 Å². The number of rotatable bonds is 5. The summed E-state index contributed by atoms with van der Waals surface area (Å²) in [4.78, 5) is 10.3. The van der Waals surface area contributed by atoms with Crippen LogP contribution in [0.3, 0.4) is 0 Å². The zero-order valence-corrected chi connectivity index (χ0v) is 9.93. The van der Waals surface area contributed by atoms with E-state index in [4.69, 9.17) is 5.73 Å². The number of nitrogen functional groups attached to an aromatic ring is 1. The summed E-state index contributed by atoms with van der Waals surface area (Å²) < 4.78 is 1.55. The third-order valence-electron chi connectivity index (χ3n) is 2.90. The normalized spacial score (nSPS) is 11.0. The number of hydrogen-bond donors (Lipinski definition) is 1. The Labute approximate surface area is 94.6 Å². The molecule has 0 aliphatic carbocycles. The van der Waals surface area contributed by atoms with Crippen LogP contribution in [0.4, 0.5) is 11.5 Å². The molecular formula is C10H18N4O2. The average Bonchev–Trinajstić information content (AvgIpc) is 2.50. The summed E-state index contributed by atoms with van der Waals surface area (Å²) in [7, 11) is 0. The van der Waals surface area contributed by atoms with E-state index >= 15 is 0 Å². The van der Waals surface area contributed by atoms with E-state index < -0.39 is 4.92 Å². The van der Waals surface area contributed by atoms with Gasteiger partial charge in [-0.05, 0) is 12.8 Å². The number of hydrogen-bond acceptors (Lipinski definition) is 4. The van der Waals surface area contributed by atoms with Gasteiger partial charge < -0.3 is 5.73 Å². The molecule has 0 fully saturated rings. The van der Waals surface area contributed by atoms with Crippen molar-refractivity contribution < 1.29 is 4.92 Å². The Bertz CT molecular complexity index is 382. The van der Waals surface area contributed by atoms with Crippen molar-refractivity contribution in [3.63, 3.8) is 0 Å². The smallest absolute Gasteiger partial charge is 0.333 e. The molecule has 16 heavy (non-hydrogen) atoms. The van der Waals surface area contributed by atoms with E-state index in [0.717, 1.165) is 12.8 Å². The molecule has 0 aromatic carbocycles. The van der Waals surface area contributed by atoms with Crippen LogP contribution in [0.25, 0.3) is 0 Å². The highest BCUT2D eigenvalue weighted by Gasteiger charge is 2.23. The fourth-order valence-corrected chi connectivity index (χ4v) is 1.75. The Morgan fingerprint density at radius 2 is 2.06 bits per heavy atom. The van der Waals surface area contributed by atoms with E-state index in [1.807, 2.05) is 0 Å².